The topological polar surface area (TPSA) is 29.5 Å². The van der Waals surface area contributed by atoms with Gasteiger partial charge < -0.3 is 14.4 Å². The Hall–Kier alpha value is -1.19. The highest BCUT2D eigenvalue weighted by atomic mass is 16.5. The summed E-state index contributed by atoms with van der Waals surface area (Å²) in [5.41, 5.74) is 1.23. The summed E-state index contributed by atoms with van der Waals surface area (Å²) in [7, 11) is 0. The van der Waals surface area contributed by atoms with E-state index in [-0.39, 0.29) is 0 Å². The number of ketones is 1. The van der Waals surface area contributed by atoms with Gasteiger partial charge in [-0.1, -0.05) is 30.3 Å². The van der Waals surface area contributed by atoms with E-state index in [1.165, 1.54) is 5.56 Å². The zero-order valence-corrected chi connectivity index (χ0v) is 12.4. The van der Waals surface area contributed by atoms with Crippen LogP contribution in [0.15, 0.2) is 30.3 Å². The Balaban J connectivity index is 1.56. The van der Waals surface area contributed by atoms with Crippen molar-refractivity contribution in [2.75, 3.05) is 26.2 Å². The van der Waals surface area contributed by atoms with Gasteiger partial charge in [0.15, 0.2) is 0 Å². The van der Waals surface area contributed by atoms with E-state index in [0.29, 0.717) is 18.3 Å². The molecule has 0 unspecified atom stereocenters. The van der Waals surface area contributed by atoms with Crippen molar-refractivity contribution in [3.63, 3.8) is 0 Å². The van der Waals surface area contributed by atoms with Crippen LogP contribution in [0, 0.1) is 5.92 Å². The van der Waals surface area contributed by atoms with Crippen LogP contribution >= 0.6 is 0 Å². The first-order valence-corrected chi connectivity index (χ1v) is 7.57. The van der Waals surface area contributed by atoms with Crippen LogP contribution in [0.2, 0.25) is 0 Å². The zero-order valence-electron chi connectivity index (χ0n) is 12.4. The van der Waals surface area contributed by atoms with Gasteiger partial charge in [-0.15, -0.1) is 0 Å². The van der Waals surface area contributed by atoms with Gasteiger partial charge in [0, 0.05) is 13.0 Å². The summed E-state index contributed by atoms with van der Waals surface area (Å²) in [5.74, 6) is 0.934. The molecule has 0 saturated carbocycles. The molecule has 0 aromatic heterocycles. The van der Waals surface area contributed by atoms with Gasteiger partial charge in [-0.2, -0.15) is 0 Å². The summed E-state index contributed by atoms with van der Waals surface area (Å²) in [5, 5.41) is 0. The molecule has 1 saturated heterocycles. The minimum atomic E-state index is 0.328. The third-order valence-corrected chi connectivity index (χ3v) is 3.95. The van der Waals surface area contributed by atoms with Crippen molar-refractivity contribution in [3.8, 4) is 0 Å². The lowest BCUT2D eigenvalue weighted by atomic mass is 9.92. The van der Waals surface area contributed by atoms with Crippen molar-refractivity contribution in [2.45, 2.75) is 32.8 Å². The molecule has 0 spiro atoms. The van der Waals surface area contributed by atoms with Gasteiger partial charge >= 0.3 is 0 Å². The monoisotopic (exact) mass is 275 g/mol. The number of Topliss-reactive ketones (excluding diaryl/α,β-unsaturated/α-hetero) is 1. The van der Waals surface area contributed by atoms with Crippen molar-refractivity contribution in [1.82, 2.24) is 4.90 Å². The molecule has 0 bridgehead atoms. The van der Waals surface area contributed by atoms with Crippen LogP contribution in [0.1, 0.15) is 31.7 Å². The number of hydrogen-bond acceptors (Lipinski definition) is 3. The molecule has 20 heavy (non-hydrogen) atoms. The highest BCUT2D eigenvalue weighted by Crippen LogP contribution is 2.20. The number of benzene rings is 1. The van der Waals surface area contributed by atoms with E-state index in [9.17, 15) is 4.79 Å². The average molecular weight is 275 g/mol. The predicted octanol–water partition coefficient (Wildman–Crippen LogP) is 2.89. The zero-order chi connectivity index (χ0) is 14.2. The lowest BCUT2D eigenvalue weighted by Gasteiger charge is -2.31. The maximum Gasteiger partial charge on any atom is 0.130 e. The molecular weight excluding hydrogens is 250 g/mol. The Morgan fingerprint density at radius 3 is 2.60 bits per heavy atom. The largest absolute Gasteiger partial charge is 0.375 e. The van der Waals surface area contributed by atoms with Crippen LogP contribution in [-0.4, -0.2) is 36.9 Å². The first-order chi connectivity index (χ1) is 9.74. The second kappa shape index (κ2) is 8.18. The standard InChI is InChI=1S/C17H25NO2/c1-15(19)13-16-7-9-18(10-8-16)11-12-20-14-17-5-3-2-4-6-17/h2-6,16H,7-14H2,1H3. The molecular formula is C17H25NO2. The molecule has 2 rings (SSSR count). The number of carbonyl (C=O) groups is 1. The van der Waals surface area contributed by atoms with Crippen molar-refractivity contribution in [3.05, 3.63) is 35.9 Å². The van der Waals surface area contributed by atoms with Crippen molar-refractivity contribution in [2.24, 2.45) is 5.92 Å². The van der Waals surface area contributed by atoms with E-state index in [2.05, 4.69) is 17.0 Å². The molecule has 0 aliphatic carbocycles. The number of piperidine rings is 1. The second-order valence-corrected chi connectivity index (χ2v) is 5.73. The van der Waals surface area contributed by atoms with Crippen LogP contribution in [0.5, 0.6) is 0 Å². The van der Waals surface area contributed by atoms with Crippen LogP contribution in [0.3, 0.4) is 0 Å². The van der Waals surface area contributed by atoms with Gasteiger partial charge in [0.05, 0.1) is 13.2 Å². The van der Waals surface area contributed by atoms with Gasteiger partial charge in [-0.25, -0.2) is 0 Å². The minimum Gasteiger partial charge on any atom is -0.375 e. The van der Waals surface area contributed by atoms with E-state index in [0.717, 1.165) is 45.5 Å². The lowest BCUT2D eigenvalue weighted by Crippen LogP contribution is -2.36. The molecule has 3 nitrogen and oxygen atoms in total. The summed E-state index contributed by atoms with van der Waals surface area (Å²) in [6.07, 6.45) is 3.06. The van der Waals surface area contributed by atoms with Crippen molar-refractivity contribution < 1.29 is 9.53 Å². The Labute approximate surface area is 121 Å². The number of carbonyl (C=O) groups excluding carboxylic acids is 1. The van der Waals surface area contributed by atoms with E-state index in [1.54, 1.807) is 6.92 Å². The molecule has 1 aromatic carbocycles. The summed E-state index contributed by atoms with van der Waals surface area (Å²) in [6.45, 7) is 6.39. The van der Waals surface area contributed by atoms with Crippen LogP contribution < -0.4 is 0 Å². The van der Waals surface area contributed by atoms with Crippen LogP contribution in [0.4, 0.5) is 0 Å². The predicted molar refractivity (Wildman–Crippen MR) is 80.6 cm³/mol. The number of hydrogen-bond donors (Lipinski definition) is 0. The maximum absolute atomic E-state index is 11.1. The fourth-order valence-electron chi connectivity index (χ4n) is 2.78. The fraction of sp³-hybridized carbons (Fsp3) is 0.588. The summed E-state index contributed by atoms with van der Waals surface area (Å²) in [6, 6.07) is 10.3. The first-order valence-electron chi connectivity index (χ1n) is 7.57. The molecule has 1 fully saturated rings. The van der Waals surface area contributed by atoms with Crippen LogP contribution in [-0.2, 0) is 16.1 Å². The number of ether oxygens (including phenoxy) is 1. The highest BCUT2D eigenvalue weighted by molar-refractivity contribution is 5.75. The summed E-state index contributed by atoms with van der Waals surface area (Å²) >= 11 is 0. The number of nitrogens with zero attached hydrogens (tertiary/aromatic N) is 1. The van der Waals surface area contributed by atoms with E-state index < -0.39 is 0 Å². The quantitative estimate of drug-likeness (QED) is 0.717. The number of likely N-dealkylation sites (tertiary alicyclic amines) is 1. The molecule has 1 aromatic rings. The Morgan fingerprint density at radius 2 is 1.95 bits per heavy atom. The van der Waals surface area contributed by atoms with Crippen molar-refractivity contribution >= 4 is 5.78 Å². The molecule has 0 atom stereocenters. The van der Waals surface area contributed by atoms with Gasteiger partial charge in [0.2, 0.25) is 0 Å². The third-order valence-electron chi connectivity index (χ3n) is 3.95. The molecule has 3 heteroatoms. The normalized spacial score (nSPS) is 17.2. The Morgan fingerprint density at radius 1 is 1.25 bits per heavy atom. The third kappa shape index (κ3) is 5.43. The Kier molecular flexibility index (Phi) is 6.22. The fourth-order valence-corrected chi connectivity index (χ4v) is 2.78. The van der Waals surface area contributed by atoms with Gasteiger partial charge in [-0.05, 0) is 44.3 Å². The number of rotatable bonds is 7. The maximum atomic E-state index is 11.1. The van der Waals surface area contributed by atoms with Gasteiger partial charge in [-0.3, -0.25) is 0 Å². The first kappa shape index (κ1) is 15.2. The minimum absolute atomic E-state index is 0.328. The van der Waals surface area contributed by atoms with E-state index >= 15 is 0 Å². The molecule has 1 aliphatic heterocycles. The van der Waals surface area contributed by atoms with Crippen LogP contribution in [0.25, 0.3) is 0 Å². The SMILES string of the molecule is CC(=O)CC1CCN(CCOCc2ccccc2)CC1. The molecule has 110 valence electrons. The highest BCUT2D eigenvalue weighted by Gasteiger charge is 2.19. The summed E-state index contributed by atoms with van der Waals surface area (Å²) < 4.78 is 5.72. The van der Waals surface area contributed by atoms with E-state index in [4.69, 9.17) is 4.74 Å². The lowest BCUT2D eigenvalue weighted by molar-refractivity contribution is -0.118. The van der Waals surface area contributed by atoms with Gasteiger partial charge in [0.1, 0.15) is 5.78 Å². The molecule has 0 amide bonds. The molecule has 1 aliphatic rings. The molecule has 0 N–H and O–H groups in total. The average Bonchev–Trinajstić information content (AvgIpc) is 2.46. The van der Waals surface area contributed by atoms with Crippen molar-refractivity contribution in [1.29, 1.82) is 0 Å². The molecule has 0 radical (unpaired) electrons. The smallest absolute Gasteiger partial charge is 0.130 e. The van der Waals surface area contributed by atoms with Gasteiger partial charge in [0.25, 0.3) is 0 Å². The summed E-state index contributed by atoms with van der Waals surface area (Å²) in [4.78, 5) is 13.6. The second-order valence-electron chi connectivity index (χ2n) is 5.73. The Bertz CT molecular complexity index is 397. The van der Waals surface area contributed by atoms with E-state index in [1.807, 2.05) is 18.2 Å². The molecule has 1 heterocycles.